The van der Waals surface area contributed by atoms with Crippen LogP contribution in [0.2, 0.25) is 0 Å². The number of alkyl halides is 1. The molecule has 1 nitrogen and oxygen atoms in total. The molecule has 0 amide bonds. The molecule has 2 heteroatoms. The molecular weight excluding hydrogens is 73.5 g/mol. The van der Waals surface area contributed by atoms with Gasteiger partial charge in [0.1, 0.15) is 0 Å². The van der Waals surface area contributed by atoms with Crippen LogP contribution >= 0.6 is 11.6 Å². The van der Waals surface area contributed by atoms with E-state index in [-0.39, 0.29) is 6.15 Å². The van der Waals surface area contributed by atoms with Gasteiger partial charge in [0.05, 0.1) is 0 Å². The van der Waals surface area contributed by atoms with E-state index in [1.54, 1.807) is 0 Å². The molecule has 0 rings (SSSR count). The minimum Gasteiger partial charge on any atom is -0.344 e. The molecule has 4 heavy (non-hydrogen) atoms. The second kappa shape index (κ2) is 10.5. The Bertz CT molecular complexity index is 6.00. The lowest BCUT2D eigenvalue weighted by Gasteiger charge is -1.45. The first-order valence-electron chi connectivity index (χ1n) is 0.974. The van der Waals surface area contributed by atoms with Crippen molar-refractivity contribution in [2.45, 2.75) is 6.92 Å². The Morgan fingerprint density at radius 1 is 1.75 bits per heavy atom. The SMILES string of the molecule is CCCl.N. The molecule has 28 valence electrons. The van der Waals surface area contributed by atoms with Gasteiger partial charge in [0.15, 0.2) is 0 Å². The van der Waals surface area contributed by atoms with Crippen molar-refractivity contribution < 1.29 is 0 Å². The van der Waals surface area contributed by atoms with Gasteiger partial charge in [0.2, 0.25) is 0 Å². The monoisotopic (exact) mass is 81.0 g/mol. The molecule has 0 aromatic carbocycles. The van der Waals surface area contributed by atoms with E-state index in [2.05, 4.69) is 0 Å². The summed E-state index contributed by atoms with van der Waals surface area (Å²) in [6.07, 6.45) is 0. The van der Waals surface area contributed by atoms with Gasteiger partial charge in [0.25, 0.3) is 0 Å². The van der Waals surface area contributed by atoms with Crippen molar-refractivity contribution in [2.24, 2.45) is 0 Å². The molecule has 0 saturated heterocycles. The van der Waals surface area contributed by atoms with Gasteiger partial charge in [-0.15, -0.1) is 11.6 Å². The maximum Gasteiger partial charge on any atom is 0.0195 e. The van der Waals surface area contributed by atoms with Crippen LogP contribution < -0.4 is 6.15 Å². The van der Waals surface area contributed by atoms with E-state index in [0.717, 1.165) is 5.88 Å². The molecule has 0 saturated carbocycles. The van der Waals surface area contributed by atoms with Crippen LogP contribution in [0.4, 0.5) is 0 Å². The van der Waals surface area contributed by atoms with E-state index in [1.807, 2.05) is 6.92 Å². The van der Waals surface area contributed by atoms with E-state index in [9.17, 15) is 0 Å². The Morgan fingerprint density at radius 2 is 1.75 bits per heavy atom. The second-order valence-electron chi connectivity index (χ2n) is 0.267. The summed E-state index contributed by atoms with van der Waals surface area (Å²) in [6.45, 7) is 1.89. The fourth-order valence-electron chi connectivity index (χ4n) is 0. The molecular formula is C2H8ClN. The summed E-state index contributed by atoms with van der Waals surface area (Å²) in [7, 11) is 0. The lowest BCUT2D eigenvalue weighted by molar-refractivity contribution is 1.51. The molecule has 0 aliphatic carbocycles. The third-order valence-electron chi connectivity index (χ3n) is 0. The van der Waals surface area contributed by atoms with E-state index < -0.39 is 0 Å². The first-order valence-corrected chi connectivity index (χ1v) is 1.51. The zero-order valence-corrected chi connectivity index (χ0v) is 3.55. The van der Waals surface area contributed by atoms with Crippen molar-refractivity contribution in [3.8, 4) is 0 Å². The molecule has 0 atom stereocenters. The minimum absolute atomic E-state index is 0. The quantitative estimate of drug-likeness (QED) is 0.440. The molecule has 0 aliphatic heterocycles. The summed E-state index contributed by atoms with van der Waals surface area (Å²) in [5.41, 5.74) is 0. The highest BCUT2D eigenvalue weighted by Gasteiger charge is 1.38. The van der Waals surface area contributed by atoms with Crippen molar-refractivity contribution in [3.63, 3.8) is 0 Å². The maximum absolute atomic E-state index is 5.00. The van der Waals surface area contributed by atoms with E-state index >= 15 is 0 Å². The summed E-state index contributed by atoms with van der Waals surface area (Å²) in [6, 6.07) is 0. The van der Waals surface area contributed by atoms with Gasteiger partial charge < -0.3 is 6.15 Å². The zero-order valence-electron chi connectivity index (χ0n) is 2.79. The smallest absolute Gasteiger partial charge is 0.0195 e. The molecule has 0 aromatic heterocycles. The van der Waals surface area contributed by atoms with Crippen LogP contribution in [-0.2, 0) is 0 Å². The topological polar surface area (TPSA) is 35.0 Å². The number of hydrogen-bond donors (Lipinski definition) is 1. The van der Waals surface area contributed by atoms with Gasteiger partial charge in [-0.2, -0.15) is 0 Å². The predicted octanol–water partition coefficient (Wildman–Crippen LogP) is 1.41. The fourth-order valence-corrected chi connectivity index (χ4v) is 0. The van der Waals surface area contributed by atoms with Gasteiger partial charge >= 0.3 is 0 Å². The van der Waals surface area contributed by atoms with Crippen LogP contribution in [0.15, 0.2) is 0 Å². The van der Waals surface area contributed by atoms with E-state index in [4.69, 9.17) is 11.6 Å². The molecule has 0 radical (unpaired) electrons. The van der Waals surface area contributed by atoms with E-state index in [1.165, 1.54) is 0 Å². The third kappa shape index (κ3) is 56.3. The Morgan fingerprint density at radius 3 is 1.75 bits per heavy atom. The predicted molar refractivity (Wildman–Crippen MR) is 21.4 cm³/mol. The first kappa shape index (κ1) is 8.87. The number of rotatable bonds is 0. The van der Waals surface area contributed by atoms with Gasteiger partial charge in [-0.3, -0.25) is 0 Å². The summed E-state index contributed by atoms with van der Waals surface area (Å²) in [5.74, 6) is 0.722. The van der Waals surface area contributed by atoms with Crippen molar-refractivity contribution in [2.75, 3.05) is 5.88 Å². The molecule has 0 bridgehead atoms. The van der Waals surface area contributed by atoms with Crippen LogP contribution in [0.1, 0.15) is 6.92 Å². The molecule has 0 aromatic rings. The van der Waals surface area contributed by atoms with Crippen molar-refractivity contribution in [1.82, 2.24) is 6.15 Å². The van der Waals surface area contributed by atoms with Gasteiger partial charge in [0, 0.05) is 5.88 Å². The van der Waals surface area contributed by atoms with E-state index in [0.29, 0.717) is 0 Å². The molecule has 0 heterocycles. The summed E-state index contributed by atoms with van der Waals surface area (Å²) in [5, 5.41) is 0. The molecule has 0 unspecified atom stereocenters. The van der Waals surface area contributed by atoms with Crippen LogP contribution in [-0.4, -0.2) is 5.88 Å². The fraction of sp³-hybridized carbons (Fsp3) is 1.00. The minimum atomic E-state index is 0. The highest BCUT2D eigenvalue weighted by molar-refractivity contribution is 6.17. The van der Waals surface area contributed by atoms with Crippen LogP contribution in [0, 0.1) is 0 Å². The normalized spacial score (nSPS) is 4.50. The average Bonchev–Trinajstić information content (AvgIpc) is 0.918. The van der Waals surface area contributed by atoms with Gasteiger partial charge in [-0.05, 0) is 0 Å². The summed E-state index contributed by atoms with van der Waals surface area (Å²) < 4.78 is 0. The highest BCUT2D eigenvalue weighted by Crippen LogP contribution is 1.59. The lowest BCUT2D eigenvalue weighted by atomic mass is 11.0. The molecule has 0 fully saturated rings. The third-order valence-corrected chi connectivity index (χ3v) is 0. The zero-order chi connectivity index (χ0) is 2.71. The van der Waals surface area contributed by atoms with Crippen molar-refractivity contribution in [3.05, 3.63) is 0 Å². The number of halogens is 1. The highest BCUT2D eigenvalue weighted by atomic mass is 35.5. The van der Waals surface area contributed by atoms with Crippen LogP contribution in [0.5, 0.6) is 0 Å². The van der Waals surface area contributed by atoms with Crippen LogP contribution in [0.25, 0.3) is 0 Å². The first-order chi connectivity index (χ1) is 1.41. The Labute approximate surface area is 31.5 Å². The van der Waals surface area contributed by atoms with Crippen molar-refractivity contribution in [1.29, 1.82) is 0 Å². The standard InChI is InChI=1S/C2H5Cl.H3N/c1-2-3;/h2H2,1H3;1H3. The second-order valence-corrected chi connectivity index (χ2v) is 0.802. The summed E-state index contributed by atoms with van der Waals surface area (Å²) >= 11 is 5.00. The molecule has 0 spiro atoms. The average molecular weight is 81.5 g/mol. The lowest BCUT2D eigenvalue weighted by Crippen LogP contribution is -1.36. The van der Waals surface area contributed by atoms with Gasteiger partial charge in [-0.25, -0.2) is 0 Å². The Hall–Kier alpha value is 0.250. The Balaban J connectivity index is 0. The van der Waals surface area contributed by atoms with Gasteiger partial charge in [-0.1, -0.05) is 6.92 Å². The molecule has 0 aliphatic rings. The number of hydrogen-bond acceptors (Lipinski definition) is 1. The van der Waals surface area contributed by atoms with Crippen molar-refractivity contribution >= 4 is 11.6 Å². The van der Waals surface area contributed by atoms with Crippen LogP contribution in [0.3, 0.4) is 0 Å². The molecule has 3 N–H and O–H groups in total. The largest absolute Gasteiger partial charge is 0.344 e. The Kier molecular flexibility index (Phi) is 23.3. The maximum atomic E-state index is 5.00. The summed E-state index contributed by atoms with van der Waals surface area (Å²) in [4.78, 5) is 0.